The maximum absolute atomic E-state index is 13.8. The van der Waals surface area contributed by atoms with Gasteiger partial charge in [-0.15, -0.1) is 0 Å². The van der Waals surface area contributed by atoms with E-state index in [1.165, 1.54) is 0 Å². The van der Waals surface area contributed by atoms with Crippen LogP contribution in [0.2, 0.25) is 0 Å². The Hall–Kier alpha value is -1.78. The molecule has 0 fully saturated rings. The van der Waals surface area contributed by atoms with Crippen molar-refractivity contribution in [3.8, 4) is 0 Å². The maximum Gasteiger partial charge on any atom is 0.326 e. The highest BCUT2D eigenvalue weighted by Crippen LogP contribution is 2.23. The standard InChI is InChI=1S/C30H48N4O3S2/c1-5-10-28(29(35)33-26(30(36)37)15-16-39-4)34(19-27(21(3)6-2)32-17-24(31)20-38)18-23-13-9-12-22-11-7-8-14-25(22)23/h7-9,11-14,21,24,26-28,32,38H,5-6,10,15-20,31H2,1-4H3,(H,33,35)(H,36,37)/t21-,24+,26-,27+,28-/m0/s1. The average molecular weight is 577 g/mol. The van der Waals surface area contributed by atoms with Gasteiger partial charge in [0.25, 0.3) is 0 Å². The van der Waals surface area contributed by atoms with Crippen LogP contribution in [0.1, 0.15) is 52.0 Å². The van der Waals surface area contributed by atoms with E-state index in [9.17, 15) is 14.7 Å². The summed E-state index contributed by atoms with van der Waals surface area (Å²) < 4.78 is 0. The number of carboxylic acids is 1. The van der Waals surface area contributed by atoms with E-state index in [0.29, 0.717) is 49.9 Å². The molecule has 39 heavy (non-hydrogen) atoms. The highest BCUT2D eigenvalue weighted by atomic mass is 32.2. The van der Waals surface area contributed by atoms with Crippen LogP contribution in [0.4, 0.5) is 0 Å². The van der Waals surface area contributed by atoms with E-state index in [1.807, 2.05) is 18.4 Å². The summed E-state index contributed by atoms with van der Waals surface area (Å²) in [6.45, 7) is 8.31. The zero-order valence-corrected chi connectivity index (χ0v) is 25.6. The van der Waals surface area contributed by atoms with Crippen molar-refractivity contribution in [2.75, 3.05) is 30.9 Å². The maximum atomic E-state index is 13.8. The fraction of sp³-hybridized carbons (Fsp3) is 0.600. The SMILES string of the molecule is CCC[C@@H](C(=O)N[C@@H](CCSC)C(=O)O)N(Cc1cccc2ccccc12)C[C@@H](NC[C@@H](N)CS)[C@@H](C)CC. The van der Waals surface area contributed by atoms with Crippen LogP contribution in [0, 0.1) is 5.92 Å². The highest BCUT2D eigenvalue weighted by Gasteiger charge is 2.32. The minimum Gasteiger partial charge on any atom is -0.480 e. The summed E-state index contributed by atoms with van der Waals surface area (Å²) in [5.74, 6) is 0.397. The van der Waals surface area contributed by atoms with E-state index in [1.54, 1.807) is 11.8 Å². The lowest BCUT2D eigenvalue weighted by Crippen LogP contribution is -2.56. The molecule has 0 aromatic heterocycles. The van der Waals surface area contributed by atoms with Crippen LogP contribution < -0.4 is 16.4 Å². The summed E-state index contributed by atoms with van der Waals surface area (Å²) in [7, 11) is 0. The van der Waals surface area contributed by atoms with Gasteiger partial charge < -0.3 is 21.5 Å². The Labute approximate surface area is 244 Å². The number of benzene rings is 2. The molecule has 0 saturated carbocycles. The number of carboxylic acid groups (broad SMARTS) is 1. The van der Waals surface area contributed by atoms with Crippen LogP contribution in [0.3, 0.4) is 0 Å². The number of carbonyl (C=O) groups excluding carboxylic acids is 1. The summed E-state index contributed by atoms with van der Waals surface area (Å²) in [5, 5.41) is 18.6. The normalized spacial score (nSPS) is 15.6. The lowest BCUT2D eigenvalue weighted by molar-refractivity contribution is -0.143. The molecule has 0 aliphatic heterocycles. The Balaban J connectivity index is 2.45. The third-order valence-corrected chi connectivity index (χ3v) is 8.54. The van der Waals surface area contributed by atoms with Crippen molar-refractivity contribution in [1.82, 2.24) is 15.5 Å². The summed E-state index contributed by atoms with van der Waals surface area (Å²) in [5.41, 5.74) is 7.33. The number of aliphatic carboxylic acids is 1. The van der Waals surface area contributed by atoms with Crippen LogP contribution in [0.15, 0.2) is 42.5 Å². The number of nitrogens with two attached hydrogens (primary N) is 1. The lowest BCUT2D eigenvalue weighted by atomic mass is 9.96. The zero-order chi connectivity index (χ0) is 28.8. The zero-order valence-electron chi connectivity index (χ0n) is 23.9. The van der Waals surface area contributed by atoms with E-state index in [-0.39, 0.29) is 18.0 Å². The second-order valence-electron chi connectivity index (χ2n) is 10.4. The van der Waals surface area contributed by atoms with Crippen molar-refractivity contribution in [2.24, 2.45) is 11.7 Å². The molecule has 2 aromatic carbocycles. The Kier molecular flexibility index (Phi) is 15.3. The summed E-state index contributed by atoms with van der Waals surface area (Å²) in [4.78, 5) is 28.0. The van der Waals surface area contributed by atoms with Gasteiger partial charge in [0, 0.05) is 37.5 Å². The van der Waals surface area contributed by atoms with Crippen molar-refractivity contribution < 1.29 is 14.7 Å². The van der Waals surface area contributed by atoms with Gasteiger partial charge in [-0.2, -0.15) is 24.4 Å². The molecule has 218 valence electrons. The minimum atomic E-state index is -0.992. The molecular weight excluding hydrogens is 528 g/mol. The quantitative estimate of drug-likeness (QED) is 0.158. The van der Waals surface area contributed by atoms with Crippen LogP contribution in [-0.4, -0.2) is 76.9 Å². The monoisotopic (exact) mass is 576 g/mol. The Bertz CT molecular complexity index is 1020. The highest BCUT2D eigenvalue weighted by molar-refractivity contribution is 7.98. The van der Waals surface area contributed by atoms with E-state index in [2.05, 4.69) is 79.3 Å². The molecule has 9 heteroatoms. The third-order valence-electron chi connectivity index (χ3n) is 7.42. The molecule has 5 atom stereocenters. The molecule has 0 aliphatic rings. The van der Waals surface area contributed by atoms with Gasteiger partial charge in [0.2, 0.25) is 5.91 Å². The Morgan fingerprint density at radius 3 is 2.49 bits per heavy atom. The molecule has 2 rings (SSSR count). The van der Waals surface area contributed by atoms with Gasteiger partial charge in [0.05, 0.1) is 6.04 Å². The number of nitrogens with one attached hydrogen (secondary N) is 2. The van der Waals surface area contributed by atoms with Crippen molar-refractivity contribution in [3.05, 3.63) is 48.0 Å². The summed E-state index contributed by atoms with van der Waals surface area (Å²) in [6.07, 6.45) is 4.75. The van der Waals surface area contributed by atoms with Crippen molar-refractivity contribution in [2.45, 2.75) is 77.2 Å². The van der Waals surface area contributed by atoms with Gasteiger partial charge in [0.15, 0.2) is 0 Å². The van der Waals surface area contributed by atoms with Crippen LogP contribution in [0.5, 0.6) is 0 Å². The molecule has 0 spiro atoms. The van der Waals surface area contributed by atoms with E-state index in [0.717, 1.165) is 29.2 Å². The lowest BCUT2D eigenvalue weighted by Gasteiger charge is -2.37. The number of nitrogens with zero attached hydrogens (tertiary/aromatic N) is 1. The number of thiol groups is 1. The smallest absolute Gasteiger partial charge is 0.326 e. The minimum absolute atomic E-state index is 0.0612. The average Bonchev–Trinajstić information content (AvgIpc) is 2.94. The molecule has 5 N–H and O–H groups in total. The second kappa shape index (κ2) is 17.8. The summed E-state index contributed by atoms with van der Waals surface area (Å²) >= 11 is 5.92. The molecule has 0 radical (unpaired) electrons. The van der Waals surface area contributed by atoms with E-state index < -0.39 is 18.1 Å². The van der Waals surface area contributed by atoms with Gasteiger partial charge in [-0.1, -0.05) is 76.1 Å². The number of hydrogen-bond acceptors (Lipinski definition) is 7. The molecule has 2 aromatic rings. The Morgan fingerprint density at radius 2 is 1.85 bits per heavy atom. The van der Waals surface area contributed by atoms with Gasteiger partial charge >= 0.3 is 5.97 Å². The number of thioether (sulfide) groups is 1. The first-order valence-electron chi connectivity index (χ1n) is 14.1. The predicted octanol–water partition coefficient (Wildman–Crippen LogP) is 4.39. The number of fused-ring (bicyclic) bond motifs is 1. The molecular formula is C30H48N4O3S2. The molecule has 1 amide bonds. The number of carbonyl (C=O) groups is 2. The molecule has 0 aliphatic carbocycles. The first-order chi connectivity index (χ1) is 18.7. The first-order valence-corrected chi connectivity index (χ1v) is 16.1. The number of rotatable bonds is 19. The van der Waals surface area contributed by atoms with E-state index >= 15 is 0 Å². The topological polar surface area (TPSA) is 108 Å². The first kappa shape index (κ1) is 33.4. The van der Waals surface area contributed by atoms with Gasteiger partial charge in [-0.3, -0.25) is 9.69 Å². The number of amides is 1. The molecule has 0 unspecified atom stereocenters. The Morgan fingerprint density at radius 1 is 1.13 bits per heavy atom. The largest absolute Gasteiger partial charge is 0.480 e. The number of hydrogen-bond donors (Lipinski definition) is 5. The summed E-state index contributed by atoms with van der Waals surface area (Å²) in [6, 6.07) is 13.3. The molecule has 7 nitrogen and oxygen atoms in total. The van der Waals surface area contributed by atoms with Gasteiger partial charge in [0.1, 0.15) is 6.04 Å². The molecule has 0 bridgehead atoms. The van der Waals surface area contributed by atoms with Gasteiger partial charge in [-0.25, -0.2) is 4.79 Å². The predicted molar refractivity (Wildman–Crippen MR) is 169 cm³/mol. The van der Waals surface area contributed by atoms with Gasteiger partial charge in [-0.05, 0) is 47.1 Å². The van der Waals surface area contributed by atoms with E-state index in [4.69, 9.17) is 5.73 Å². The third kappa shape index (κ3) is 10.6. The second-order valence-corrected chi connectivity index (χ2v) is 11.7. The van der Waals surface area contributed by atoms with Crippen molar-refractivity contribution >= 4 is 47.0 Å². The fourth-order valence-electron chi connectivity index (χ4n) is 4.82. The molecule has 0 saturated heterocycles. The van der Waals surface area contributed by atoms with Crippen LogP contribution in [0.25, 0.3) is 10.8 Å². The van der Waals surface area contributed by atoms with Crippen molar-refractivity contribution in [3.63, 3.8) is 0 Å². The molecule has 0 heterocycles. The fourth-order valence-corrected chi connectivity index (χ4v) is 5.42. The van der Waals surface area contributed by atoms with Crippen LogP contribution in [-0.2, 0) is 16.1 Å². The van der Waals surface area contributed by atoms with Crippen molar-refractivity contribution in [1.29, 1.82) is 0 Å². The van der Waals surface area contributed by atoms with Crippen LogP contribution >= 0.6 is 24.4 Å².